The Morgan fingerprint density at radius 3 is 2.63 bits per heavy atom. The fourth-order valence-corrected chi connectivity index (χ4v) is 5.69. The molecule has 0 spiro atoms. The van der Waals surface area contributed by atoms with Gasteiger partial charge in [0.05, 0.1) is 16.8 Å². The van der Waals surface area contributed by atoms with E-state index in [1.807, 2.05) is 47.8 Å². The van der Waals surface area contributed by atoms with Crippen molar-refractivity contribution in [3.05, 3.63) is 59.2 Å². The topological polar surface area (TPSA) is 65.8 Å². The number of benzene rings is 2. The fourth-order valence-electron chi connectivity index (χ4n) is 5.69. The molecule has 0 saturated heterocycles. The third kappa shape index (κ3) is 4.33. The van der Waals surface area contributed by atoms with Gasteiger partial charge in [-0.2, -0.15) is 0 Å². The summed E-state index contributed by atoms with van der Waals surface area (Å²) < 4.78 is 17.4. The molecule has 7 heteroatoms. The minimum absolute atomic E-state index is 0.0211. The van der Waals surface area contributed by atoms with Gasteiger partial charge in [-0.15, -0.1) is 0 Å². The van der Waals surface area contributed by atoms with Crippen LogP contribution in [0.1, 0.15) is 53.1 Å². The minimum Gasteiger partial charge on any atom is -0.478 e. The molecular formula is C28H32FN3O3. The molecule has 0 bridgehead atoms. The summed E-state index contributed by atoms with van der Waals surface area (Å²) in [7, 11) is 3.97. The smallest absolute Gasteiger partial charge is 0.335 e. The first kappa shape index (κ1) is 23.5. The number of halogens is 1. The predicted molar refractivity (Wildman–Crippen MR) is 134 cm³/mol. The Morgan fingerprint density at radius 1 is 1.11 bits per heavy atom. The van der Waals surface area contributed by atoms with Crippen LogP contribution in [-0.4, -0.2) is 64.7 Å². The number of carboxylic acids is 1. The summed E-state index contributed by atoms with van der Waals surface area (Å²) in [5, 5.41) is 10.5. The van der Waals surface area contributed by atoms with Crippen LogP contribution < -0.4 is 0 Å². The van der Waals surface area contributed by atoms with Crippen LogP contribution in [0.25, 0.3) is 22.2 Å². The summed E-state index contributed by atoms with van der Waals surface area (Å²) in [6.45, 7) is 1.93. The van der Waals surface area contributed by atoms with Crippen LogP contribution in [0, 0.1) is 0 Å². The Morgan fingerprint density at radius 2 is 1.89 bits per heavy atom. The van der Waals surface area contributed by atoms with Crippen molar-refractivity contribution in [2.24, 2.45) is 0 Å². The minimum atomic E-state index is -1.02. The molecule has 1 amide bonds. The molecule has 1 aromatic heterocycles. The van der Waals surface area contributed by atoms with Crippen LogP contribution >= 0.6 is 0 Å². The normalized spacial score (nSPS) is 20.5. The van der Waals surface area contributed by atoms with Crippen LogP contribution in [-0.2, 0) is 17.9 Å². The molecule has 0 radical (unpaired) electrons. The van der Waals surface area contributed by atoms with Gasteiger partial charge in [0.25, 0.3) is 0 Å². The highest BCUT2D eigenvalue weighted by molar-refractivity contribution is 5.99. The van der Waals surface area contributed by atoms with Gasteiger partial charge >= 0.3 is 5.97 Å². The average Bonchev–Trinajstić information content (AvgIpc) is 3.13. The number of carbonyl (C=O) groups is 2. The monoisotopic (exact) mass is 477 g/mol. The van der Waals surface area contributed by atoms with Gasteiger partial charge in [-0.3, -0.25) is 4.79 Å². The summed E-state index contributed by atoms with van der Waals surface area (Å²) in [6, 6.07) is 13.1. The number of rotatable bonds is 5. The van der Waals surface area contributed by atoms with E-state index in [4.69, 9.17) is 0 Å². The maximum atomic E-state index is 15.4. The van der Waals surface area contributed by atoms with Crippen molar-refractivity contribution in [1.82, 2.24) is 14.4 Å². The molecule has 184 valence electrons. The Hall–Kier alpha value is -3.19. The lowest BCUT2D eigenvalue weighted by atomic mass is 9.80. The van der Waals surface area contributed by atoms with E-state index in [0.717, 1.165) is 53.6 Å². The van der Waals surface area contributed by atoms with Gasteiger partial charge in [0.2, 0.25) is 5.91 Å². The van der Waals surface area contributed by atoms with Gasteiger partial charge in [0.15, 0.2) is 0 Å². The molecule has 1 aliphatic carbocycles. The van der Waals surface area contributed by atoms with Crippen molar-refractivity contribution in [2.45, 2.75) is 50.9 Å². The molecule has 1 fully saturated rings. The molecule has 1 N–H and O–H groups in total. The number of nitrogens with zero attached hydrogens (tertiary/aromatic N) is 3. The fraction of sp³-hybridized carbons (Fsp3) is 0.429. The third-order valence-corrected chi connectivity index (χ3v) is 7.50. The number of likely N-dealkylation sites (N-methyl/N-ethyl adjacent to an activating group) is 1. The maximum Gasteiger partial charge on any atom is 0.335 e. The van der Waals surface area contributed by atoms with Gasteiger partial charge in [-0.05, 0) is 50.2 Å². The lowest BCUT2D eigenvalue weighted by Gasteiger charge is -2.31. The van der Waals surface area contributed by atoms with Crippen molar-refractivity contribution < 1.29 is 19.1 Å². The third-order valence-electron chi connectivity index (χ3n) is 7.50. The van der Waals surface area contributed by atoms with Crippen LogP contribution in [0.15, 0.2) is 42.5 Å². The molecule has 1 aliphatic heterocycles. The number of aromatic nitrogens is 1. The molecular weight excluding hydrogens is 445 g/mol. The molecule has 5 rings (SSSR count). The van der Waals surface area contributed by atoms with Crippen LogP contribution in [0.5, 0.6) is 0 Å². The first-order valence-corrected chi connectivity index (χ1v) is 12.4. The summed E-state index contributed by atoms with van der Waals surface area (Å²) in [6.07, 6.45) is 2.17. The predicted octanol–water partition coefficient (Wildman–Crippen LogP) is 4.91. The van der Waals surface area contributed by atoms with E-state index in [9.17, 15) is 14.7 Å². The molecule has 0 unspecified atom stereocenters. The molecule has 2 aromatic carbocycles. The first-order chi connectivity index (χ1) is 16.8. The highest BCUT2D eigenvalue weighted by atomic mass is 19.1. The van der Waals surface area contributed by atoms with Crippen LogP contribution in [0.2, 0.25) is 0 Å². The number of aromatic carboxylic acids is 1. The highest BCUT2D eigenvalue weighted by Crippen LogP contribution is 2.46. The summed E-state index contributed by atoms with van der Waals surface area (Å²) in [4.78, 5) is 29.3. The second-order valence-corrected chi connectivity index (χ2v) is 10.1. The van der Waals surface area contributed by atoms with E-state index < -0.39 is 12.1 Å². The molecule has 2 atom stereocenters. The summed E-state index contributed by atoms with van der Waals surface area (Å²) >= 11 is 0. The summed E-state index contributed by atoms with van der Waals surface area (Å²) in [5.41, 5.74) is 4.66. The van der Waals surface area contributed by atoms with Gasteiger partial charge in [-0.1, -0.05) is 43.2 Å². The lowest BCUT2D eigenvalue weighted by Crippen LogP contribution is -2.39. The van der Waals surface area contributed by atoms with Gasteiger partial charge in [-0.25, -0.2) is 9.18 Å². The number of alkyl halides is 1. The number of carbonyl (C=O) groups excluding carboxylic acids is 1. The van der Waals surface area contributed by atoms with E-state index >= 15 is 4.39 Å². The number of amides is 1. The Labute approximate surface area is 204 Å². The SMILES string of the molecule is CN(C)CCN1Cc2ccccc2-c2c([C@H]3CCCC[C@@H]3F)c3ccc(C(=O)O)cc3n2CC1=O. The van der Waals surface area contributed by atoms with Crippen molar-refractivity contribution in [3.8, 4) is 11.3 Å². The number of fused-ring (bicyclic) bond motifs is 5. The van der Waals surface area contributed by atoms with E-state index in [1.54, 1.807) is 12.1 Å². The maximum absolute atomic E-state index is 15.4. The van der Waals surface area contributed by atoms with Crippen molar-refractivity contribution in [3.63, 3.8) is 0 Å². The zero-order valence-corrected chi connectivity index (χ0v) is 20.3. The molecule has 2 aliphatic rings. The van der Waals surface area contributed by atoms with E-state index in [0.29, 0.717) is 25.0 Å². The average molecular weight is 478 g/mol. The molecule has 2 heterocycles. The van der Waals surface area contributed by atoms with Crippen molar-refractivity contribution in [1.29, 1.82) is 0 Å². The van der Waals surface area contributed by atoms with Crippen LogP contribution in [0.3, 0.4) is 0 Å². The lowest BCUT2D eigenvalue weighted by molar-refractivity contribution is -0.132. The first-order valence-electron chi connectivity index (χ1n) is 12.4. The molecule has 1 saturated carbocycles. The largest absolute Gasteiger partial charge is 0.478 e. The molecule has 6 nitrogen and oxygen atoms in total. The van der Waals surface area contributed by atoms with E-state index in [2.05, 4.69) is 11.0 Å². The summed E-state index contributed by atoms with van der Waals surface area (Å²) in [5.74, 6) is -1.31. The zero-order valence-electron chi connectivity index (χ0n) is 20.3. The van der Waals surface area contributed by atoms with E-state index in [1.165, 1.54) is 0 Å². The molecule has 3 aromatic rings. The Balaban J connectivity index is 1.77. The Bertz CT molecular complexity index is 1280. The molecule has 35 heavy (non-hydrogen) atoms. The second-order valence-electron chi connectivity index (χ2n) is 10.1. The number of hydrogen-bond donors (Lipinski definition) is 1. The number of carboxylic acid groups (broad SMARTS) is 1. The second kappa shape index (κ2) is 9.46. The zero-order chi connectivity index (χ0) is 24.7. The van der Waals surface area contributed by atoms with E-state index in [-0.39, 0.29) is 23.9 Å². The highest BCUT2D eigenvalue weighted by Gasteiger charge is 2.35. The van der Waals surface area contributed by atoms with Gasteiger partial charge in [0.1, 0.15) is 12.7 Å². The standard InChI is InChI=1S/C28H32FN3O3/c1-30(2)13-14-31-16-19-7-3-4-8-20(19)27-26(21-9-5-6-10-23(21)29)22-12-11-18(28(34)35)15-24(22)32(27)17-25(31)33/h3-4,7-8,11-12,15,21,23H,5-6,9-10,13-14,16-17H2,1-2H3,(H,34,35)/t21-,23-/m0/s1. The van der Waals surface area contributed by atoms with Crippen LogP contribution in [0.4, 0.5) is 4.39 Å². The van der Waals surface area contributed by atoms with Gasteiger partial charge < -0.3 is 19.5 Å². The van der Waals surface area contributed by atoms with Crippen molar-refractivity contribution >= 4 is 22.8 Å². The quantitative estimate of drug-likeness (QED) is 0.567. The number of hydrogen-bond acceptors (Lipinski definition) is 3. The van der Waals surface area contributed by atoms with Crippen molar-refractivity contribution in [2.75, 3.05) is 27.2 Å². The van der Waals surface area contributed by atoms with Gasteiger partial charge in [0, 0.05) is 36.5 Å². The Kier molecular flexibility index (Phi) is 6.36.